The van der Waals surface area contributed by atoms with Crippen molar-refractivity contribution in [3.8, 4) is 0 Å². The number of carbonyl (C=O) groups is 2. The molecule has 4 rings (SSSR count). The van der Waals surface area contributed by atoms with Gasteiger partial charge in [-0.05, 0) is 31.7 Å². The van der Waals surface area contributed by atoms with Gasteiger partial charge in [-0.3, -0.25) is 14.7 Å². The Bertz CT molecular complexity index is 647. The van der Waals surface area contributed by atoms with Crippen molar-refractivity contribution in [3.05, 3.63) is 17.5 Å². The van der Waals surface area contributed by atoms with Gasteiger partial charge in [0.25, 0.3) is 5.91 Å². The molecule has 2 saturated heterocycles. The van der Waals surface area contributed by atoms with Gasteiger partial charge in [0.2, 0.25) is 5.91 Å². The molecule has 1 aromatic heterocycles. The van der Waals surface area contributed by atoms with E-state index in [0.29, 0.717) is 37.9 Å². The van der Waals surface area contributed by atoms with Crippen LogP contribution in [0.5, 0.6) is 0 Å². The van der Waals surface area contributed by atoms with E-state index in [4.69, 9.17) is 4.74 Å². The van der Waals surface area contributed by atoms with Crippen molar-refractivity contribution in [2.75, 3.05) is 39.4 Å². The number of amides is 2. The zero-order valence-electron chi connectivity index (χ0n) is 15.3. The maximum atomic E-state index is 12.7. The van der Waals surface area contributed by atoms with E-state index in [1.807, 2.05) is 11.0 Å². The second-order valence-corrected chi connectivity index (χ2v) is 7.72. The van der Waals surface area contributed by atoms with Crippen molar-refractivity contribution < 1.29 is 14.3 Å². The maximum Gasteiger partial charge on any atom is 0.274 e. The van der Waals surface area contributed by atoms with Gasteiger partial charge in [-0.2, -0.15) is 5.10 Å². The summed E-state index contributed by atoms with van der Waals surface area (Å²) < 4.78 is 5.30. The van der Waals surface area contributed by atoms with Crippen molar-refractivity contribution in [3.63, 3.8) is 0 Å². The van der Waals surface area contributed by atoms with Gasteiger partial charge >= 0.3 is 0 Å². The van der Waals surface area contributed by atoms with Crippen LogP contribution in [0, 0.1) is 5.92 Å². The molecule has 1 N–H and O–H groups in total. The Hall–Kier alpha value is -1.89. The zero-order valence-corrected chi connectivity index (χ0v) is 15.3. The van der Waals surface area contributed by atoms with Crippen molar-refractivity contribution >= 4 is 11.8 Å². The van der Waals surface area contributed by atoms with Crippen LogP contribution in [0.2, 0.25) is 0 Å². The van der Waals surface area contributed by atoms with Crippen LogP contribution in [-0.4, -0.2) is 71.2 Å². The number of H-pyrrole nitrogens is 1. The van der Waals surface area contributed by atoms with Gasteiger partial charge in [0.1, 0.15) is 5.69 Å². The molecular formula is C19H28N4O3. The lowest BCUT2D eigenvalue weighted by atomic mass is 9.93. The van der Waals surface area contributed by atoms with Crippen molar-refractivity contribution in [2.45, 2.75) is 44.4 Å². The van der Waals surface area contributed by atoms with E-state index in [-0.39, 0.29) is 17.7 Å². The largest absolute Gasteiger partial charge is 0.378 e. The summed E-state index contributed by atoms with van der Waals surface area (Å²) in [6.45, 7) is 4.01. The van der Waals surface area contributed by atoms with Crippen LogP contribution >= 0.6 is 0 Å². The molecule has 2 aliphatic heterocycles. The molecule has 26 heavy (non-hydrogen) atoms. The highest BCUT2D eigenvalue weighted by Crippen LogP contribution is 2.31. The third-order valence-corrected chi connectivity index (χ3v) is 5.99. The Balaban J connectivity index is 1.40. The van der Waals surface area contributed by atoms with Crippen LogP contribution in [0.4, 0.5) is 0 Å². The summed E-state index contributed by atoms with van der Waals surface area (Å²) in [7, 11) is 0. The number of piperidine rings is 1. The van der Waals surface area contributed by atoms with Gasteiger partial charge in [0.05, 0.1) is 13.2 Å². The highest BCUT2D eigenvalue weighted by molar-refractivity contribution is 5.92. The maximum absolute atomic E-state index is 12.7. The van der Waals surface area contributed by atoms with E-state index in [1.165, 1.54) is 12.8 Å². The zero-order chi connectivity index (χ0) is 17.9. The molecule has 3 heterocycles. The minimum absolute atomic E-state index is 0.0366. The molecule has 1 aromatic rings. The molecule has 1 atom stereocenters. The fourth-order valence-electron chi connectivity index (χ4n) is 4.45. The number of nitrogens with zero attached hydrogens (tertiary/aromatic N) is 3. The third kappa shape index (κ3) is 3.63. The average molecular weight is 360 g/mol. The first-order chi connectivity index (χ1) is 12.7. The lowest BCUT2D eigenvalue weighted by Gasteiger charge is -2.34. The van der Waals surface area contributed by atoms with Gasteiger partial charge < -0.3 is 14.5 Å². The predicted molar refractivity (Wildman–Crippen MR) is 95.8 cm³/mol. The molecule has 0 radical (unpaired) electrons. The number of likely N-dealkylation sites (tertiary alicyclic amines) is 1. The van der Waals surface area contributed by atoms with Crippen molar-refractivity contribution in [2.24, 2.45) is 5.92 Å². The Labute approximate surface area is 154 Å². The van der Waals surface area contributed by atoms with Crippen LogP contribution in [-0.2, 0) is 9.53 Å². The lowest BCUT2D eigenvalue weighted by molar-refractivity contribution is -0.136. The van der Waals surface area contributed by atoms with Gasteiger partial charge in [-0.1, -0.05) is 12.8 Å². The SMILES string of the molecule is O=C(c1cc([C@H]2CCCN(C(=O)C3CCCC3)C2)[nH]n1)N1CCOCC1. The normalized spacial score (nSPS) is 24.8. The Kier molecular flexibility index (Phi) is 5.24. The second-order valence-electron chi connectivity index (χ2n) is 7.72. The molecule has 1 saturated carbocycles. The molecule has 7 nitrogen and oxygen atoms in total. The summed E-state index contributed by atoms with van der Waals surface area (Å²) >= 11 is 0. The van der Waals surface area contributed by atoms with Crippen LogP contribution in [0.3, 0.4) is 0 Å². The second kappa shape index (κ2) is 7.78. The highest BCUT2D eigenvalue weighted by atomic mass is 16.5. The van der Waals surface area contributed by atoms with E-state index in [0.717, 1.165) is 44.5 Å². The summed E-state index contributed by atoms with van der Waals surface area (Å²) in [5.74, 6) is 0.767. The molecule has 0 unspecified atom stereocenters. The number of aromatic nitrogens is 2. The van der Waals surface area contributed by atoms with Gasteiger partial charge in [0, 0.05) is 43.7 Å². The summed E-state index contributed by atoms with van der Waals surface area (Å²) in [6.07, 6.45) is 6.49. The molecule has 1 aliphatic carbocycles. The summed E-state index contributed by atoms with van der Waals surface area (Å²) in [5.41, 5.74) is 1.45. The van der Waals surface area contributed by atoms with Crippen molar-refractivity contribution in [1.82, 2.24) is 20.0 Å². The first-order valence-corrected chi connectivity index (χ1v) is 9.93. The molecule has 3 aliphatic rings. The quantitative estimate of drug-likeness (QED) is 0.891. The third-order valence-electron chi connectivity index (χ3n) is 5.99. The van der Waals surface area contributed by atoms with E-state index >= 15 is 0 Å². The van der Waals surface area contributed by atoms with Gasteiger partial charge in [-0.25, -0.2) is 0 Å². The van der Waals surface area contributed by atoms with Gasteiger partial charge in [-0.15, -0.1) is 0 Å². The number of hydrogen-bond donors (Lipinski definition) is 1. The number of morpholine rings is 1. The molecule has 0 aromatic carbocycles. The monoisotopic (exact) mass is 360 g/mol. The topological polar surface area (TPSA) is 78.5 Å². The highest BCUT2D eigenvalue weighted by Gasteiger charge is 2.32. The summed E-state index contributed by atoms with van der Waals surface area (Å²) in [6, 6.07) is 1.88. The van der Waals surface area contributed by atoms with E-state index in [1.54, 1.807) is 4.90 Å². The lowest BCUT2D eigenvalue weighted by Crippen LogP contribution is -2.42. The van der Waals surface area contributed by atoms with Crippen LogP contribution in [0.15, 0.2) is 6.07 Å². The Morgan fingerprint density at radius 1 is 1.04 bits per heavy atom. The Morgan fingerprint density at radius 3 is 2.58 bits per heavy atom. The number of rotatable bonds is 3. The number of hydrogen-bond acceptors (Lipinski definition) is 4. The van der Waals surface area contributed by atoms with Crippen LogP contribution < -0.4 is 0 Å². The molecule has 7 heteroatoms. The fraction of sp³-hybridized carbons (Fsp3) is 0.737. The first kappa shape index (κ1) is 17.5. The van der Waals surface area contributed by atoms with Gasteiger partial charge in [0.15, 0.2) is 0 Å². The van der Waals surface area contributed by atoms with E-state index in [2.05, 4.69) is 10.2 Å². The standard InChI is InChI=1S/C19H28N4O3/c24-18(14-4-1-2-5-14)23-7-3-6-15(13-23)16-12-17(21-20-16)19(25)22-8-10-26-11-9-22/h12,14-15H,1-11,13H2,(H,20,21)/t15-/m0/s1. The van der Waals surface area contributed by atoms with Crippen LogP contribution in [0.25, 0.3) is 0 Å². The first-order valence-electron chi connectivity index (χ1n) is 9.93. The molecule has 0 spiro atoms. The predicted octanol–water partition coefficient (Wildman–Crippen LogP) is 1.78. The molecule has 142 valence electrons. The minimum atomic E-state index is -0.0366. The number of aromatic amines is 1. The number of carbonyl (C=O) groups excluding carboxylic acids is 2. The molecule has 0 bridgehead atoms. The van der Waals surface area contributed by atoms with E-state index in [9.17, 15) is 9.59 Å². The number of ether oxygens (including phenoxy) is 1. The van der Waals surface area contributed by atoms with Crippen LogP contribution in [0.1, 0.15) is 60.6 Å². The molecule has 2 amide bonds. The number of nitrogens with one attached hydrogen (secondary N) is 1. The summed E-state index contributed by atoms with van der Waals surface area (Å²) in [4.78, 5) is 29.1. The summed E-state index contributed by atoms with van der Waals surface area (Å²) in [5, 5.41) is 7.31. The average Bonchev–Trinajstić information content (AvgIpc) is 3.40. The minimum Gasteiger partial charge on any atom is -0.378 e. The fourth-order valence-corrected chi connectivity index (χ4v) is 4.45. The smallest absolute Gasteiger partial charge is 0.274 e. The van der Waals surface area contributed by atoms with E-state index < -0.39 is 0 Å². The molecule has 3 fully saturated rings. The Morgan fingerprint density at radius 2 is 1.81 bits per heavy atom. The molecular weight excluding hydrogens is 332 g/mol. The van der Waals surface area contributed by atoms with Crippen molar-refractivity contribution in [1.29, 1.82) is 0 Å².